The molecule has 0 spiro atoms. The summed E-state index contributed by atoms with van der Waals surface area (Å²) >= 11 is 3.26. The van der Waals surface area contributed by atoms with Crippen molar-refractivity contribution in [3.05, 3.63) is 34.1 Å². The summed E-state index contributed by atoms with van der Waals surface area (Å²) in [6, 6.07) is 4.95. The van der Waals surface area contributed by atoms with E-state index >= 15 is 0 Å². The molecule has 0 aliphatic heterocycles. The van der Waals surface area contributed by atoms with Gasteiger partial charge in [-0.25, -0.2) is 4.39 Å². The smallest absolute Gasteiger partial charge is 0.151 e. The zero-order valence-corrected chi connectivity index (χ0v) is 10.4. The molecule has 0 bridgehead atoms. The summed E-state index contributed by atoms with van der Waals surface area (Å²) in [5, 5.41) is 3.17. The van der Waals surface area contributed by atoms with E-state index in [0.717, 1.165) is 5.56 Å². The van der Waals surface area contributed by atoms with Crippen LogP contribution < -0.4 is 5.32 Å². The first-order valence-corrected chi connectivity index (χ1v) is 6.13. The summed E-state index contributed by atoms with van der Waals surface area (Å²) in [5.74, 6) is -0.154. The predicted octanol–water partition coefficient (Wildman–Crippen LogP) is 2.45. The van der Waals surface area contributed by atoms with Crippen molar-refractivity contribution in [3.63, 3.8) is 0 Å². The molecule has 1 aliphatic rings. The molecule has 1 aromatic carbocycles. The average Bonchev–Trinajstić information content (AvgIpc) is 3.03. The molecule has 4 heteroatoms. The van der Waals surface area contributed by atoms with E-state index in [4.69, 9.17) is 0 Å². The summed E-state index contributed by atoms with van der Waals surface area (Å²) in [6.07, 6.45) is 2.70. The summed E-state index contributed by atoms with van der Waals surface area (Å²) in [5.41, 5.74) is 0.837. The van der Waals surface area contributed by atoms with Crippen LogP contribution in [0, 0.1) is 5.82 Å². The minimum absolute atomic E-state index is 0.138. The first-order valence-electron chi connectivity index (χ1n) is 5.34. The molecule has 0 atom stereocenters. The molecule has 1 aliphatic carbocycles. The summed E-state index contributed by atoms with van der Waals surface area (Å²) in [7, 11) is 0. The Morgan fingerprint density at radius 2 is 2.25 bits per heavy atom. The number of rotatable bonds is 5. The van der Waals surface area contributed by atoms with E-state index in [1.54, 1.807) is 6.07 Å². The highest BCUT2D eigenvalue weighted by Gasteiger charge is 2.21. The minimum atomic E-state index is -0.292. The van der Waals surface area contributed by atoms with Gasteiger partial charge in [-0.3, -0.25) is 4.79 Å². The van der Waals surface area contributed by atoms with Gasteiger partial charge in [0.2, 0.25) is 0 Å². The molecule has 2 nitrogen and oxygen atoms in total. The maximum atomic E-state index is 12.8. The Morgan fingerprint density at radius 1 is 1.50 bits per heavy atom. The van der Waals surface area contributed by atoms with E-state index in [0.29, 0.717) is 23.5 Å². The van der Waals surface area contributed by atoms with Crippen molar-refractivity contribution in [1.82, 2.24) is 5.32 Å². The quantitative estimate of drug-likeness (QED) is 0.901. The molecule has 0 saturated heterocycles. The molecular formula is C12H13BrFNO. The highest BCUT2D eigenvalue weighted by atomic mass is 79.9. The number of Topliss-reactive ketones (excluding diaryl/α,β-unsaturated/α-hetero) is 1. The van der Waals surface area contributed by atoms with E-state index in [1.807, 2.05) is 0 Å². The molecule has 0 aromatic heterocycles. The third-order valence-electron chi connectivity index (χ3n) is 2.57. The highest BCUT2D eigenvalue weighted by Crippen LogP contribution is 2.20. The van der Waals surface area contributed by atoms with Gasteiger partial charge in [-0.15, -0.1) is 0 Å². The van der Waals surface area contributed by atoms with Crippen molar-refractivity contribution < 1.29 is 9.18 Å². The lowest BCUT2D eigenvalue weighted by Gasteiger charge is -2.05. The third kappa shape index (κ3) is 3.39. The van der Waals surface area contributed by atoms with Crippen LogP contribution >= 0.6 is 15.9 Å². The van der Waals surface area contributed by atoms with Gasteiger partial charge in [0.05, 0.1) is 6.54 Å². The van der Waals surface area contributed by atoms with Crippen LogP contribution in [0.15, 0.2) is 22.7 Å². The van der Waals surface area contributed by atoms with Gasteiger partial charge in [-0.05, 0) is 30.5 Å². The number of carbonyl (C=O) groups excluding carboxylic acids is 1. The van der Waals surface area contributed by atoms with Gasteiger partial charge in [0.15, 0.2) is 5.78 Å². The summed E-state index contributed by atoms with van der Waals surface area (Å²) in [4.78, 5) is 11.6. The standard InChI is InChI=1S/C12H13BrFNO/c13-12-6-9(14)2-1-8(12)5-11(16)7-15-10-3-4-10/h1-2,6,10,15H,3-5,7H2. The van der Waals surface area contributed by atoms with E-state index in [9.17, 15) is 9.18 Å². The maximum Gasteiger partial charge on any atom is 0.151 e. The van der Waals surface area contributed by atoms with Crippen molar-refractivity contribution in [3.8, 4) is 0 Å². The van der Waals surface area contributed by atoms with Crippen molar-refractivity contribution in [2.45, 2.75) is 25.3 Å². The molecular weight excluding hydrogens is 273 g/mol. The van der Waals surface area contributed by atoms with Gasteiger partial charge >= 0.3 is 0 Å². The molecule has 1 aromatic rings. The van der Waals surface area contributed by atoms with Gasteiger partial charge in [-0.2, -0.15) is 0 Å². The van der Waals surface area contributed by atoms with Crippen LogP contribution in [-0.2, 0) is 11.2 Å². The Balaban J connectivity index is 1.89. The maximum absolute atomic E-state index is 12.8. The van der Waals surface area contributed by atoms with E-state index in [-0.39, 0.29) is 11.6 Å². The molecule has 0 radical (unpaired) electrons. The lowest BCUT2D eigenvalue weighted by Crippen LogP contribution is -2.26. The molecule has 86 valence electrons. The summed E-state index contributed by atoms with van der Waals surface area (Å²) < 4.78 is 13.5. The number of benzene rings is 1. The SMILES string of the molecule is O=C(CNC1CC1)Cc1ccc(F)cc1Br. The van der Waals surface area contributed by atoms with Crippen LogP contribution in [0.2, 0.25) is 0 Å². The number of nitrogens with one attached hydrogen (secondary N) is 1. The fourth-order valence-corrected chi connectivity index (χ4v) is 1.98. The molecule has 0 unspecified atom stereocenters. The van der Waals surface area contributed by atoms with Gasteiger partial charge in [0.25, 0.3) is 0 Å². The van der Waals surface area contributed by atoms with Gasteiger partial charge < -0.3 is 5.32 Å². The Hall–Kier alpha value is -0.740. The third-order valence-corrected chi connectivity index (χ3v) is 3.31. The van der Waals surface area contributed by atoms with Crippen molar-refractivity contribution in [1.29, 1.82) is 0 Å². The second kappa shape index (κ2) is 5.06. The molecule has 1 saturated carbocycles. The van der Waals surface area contributed by atoms with Gasteiger partial charge in [0, 0.05) is 16.9 Å². The topological polar surface area (TPSA) is 29.1 Å². The molecule has 0 amide bonds. The van der Waals surface area contributed by atoms with Crippen LogP contribution in [0.1, 0.15) is 18.4 Å². The Kier molecular flexibility index (Phi) is 3.71. The van der Waals surface area contributed by atoms with Crippen LogP contribution in [0.25, 0.3) is 0 Å². The fourth-order valence-electron chi connectivity index (χ4n) is 1.49. The highest BCUT2D eigenvalue weighted by molar-refractivity contribution is 9.10. The Morgan fingerprint density at radius 3 is 2.88 bits per heavy atom. The minimum Gasteiger partial charge on any atom is -0.307 e. The lowest BCUT2D eigenvalue weighted by molar-refractivity contribution is -0.117. The zero-order chi connectivity index (χ0) is 11.5. The number of halogens is 2. The first-order chi connectivity index (χ1) is 7.65. The fraction of sp³-hybridized carbons (Fsp3) is 0.417. The second-order valence-corrected chi connectivity index (χ2v) is 4.96. The Labute approximate surface area is 102 Å². The van der Waals surface area contributed by atoms with Crippen LogP contribution in [0.4, 0.5) is 4.39 Å². The normalized spacial score (nSPS) is 15.1. The first kappa shape index (κ1) is 11.7. The van der Waals surface area contributed by atoms with E-state index < -0.39 is 0 Å². The molecule has 2 rings (SSSR count). The van der Waals surface area contributed by atoms with Crippen molar-refractivity contribution in [2.24, 2.45) is 0 Å². The monoisotopic (exact) mass is 285 g/mol. The van der Waals surface area contributed by atoms with E-state index in [1.165, 1.54) is 25.0 Å². The largest absolute Gasteiger partial charge is 0.307 e. The van der Waals surface area contributed by atoms with Crippen LogP contribution in [0.5, 0.6) is 0 Å². The summed E-state index contributed by atoms with van der Waals surface area (Å²) in [6.45, 7) is 0.411. The number of hydrogen-bond acceptors (Lipinski definition) is 2. The van der Waals surface area contributed by atoms with Gasteiger partial charge in [-0.1, -0.05) is 22.0 Å². The van der Waals surface area contributed by atoms with Crippen LogP contribution in [0.3, 0.4) is 0 Å². The van der Waals surface area contributed by atoms with E-state index in [2.05, 4.69) is 21.2 Å². The zero-order valence-electron chi connectivity index (χ0n) is 8.80. The number of carbonyl (C=O) groups is 1. The molecule has 0 heterocycles. The average molecular weight is 286 g/mol. The van der Waals surface area contributed by atoms with Crippen LogP contribution in [-0.4, -0.2) is 18.4 Å². The number of hydrogen-bond donors (Lipinski definition) is 1. The predicted molar refractivity (Wildman–Crippen MR) is 63.8 cm³/mol. The molecule has 16 heavy (non-hydrogen) atoms. The Bertz CT molecular complexity index is 404. The number of ketones is 1. The van der Waals surface area contributed by atoms with Gasteiger partial charge in [0.1, 0.15) is 5.82 Å². The lowest BCUT2D eigenvalue weighted by atomic mass is 10.1. The second-order valence-electron chi connectivity index (χ2n) is 4.11. The van der Waals surface area contributed by atoms with Crippen molar-refractivity contribution >= 4 is 21.7 Å². The molecule has 1 fully saturated rings. The van der Waals surface area contributed by atoms with Crippen molar-refractivity contribution in [2.75, 3.05) is 6.54 Å². The molecule has 1 N–H and O–H groups in total.